The van der Waals surface area contributed by atoms with Crippen molar-refractivity contribution in [2.45, 2.75) is 52.4 Å². The van der Waals surface area contributed by atoms with Gasteiger partial charge in [0.25, 0.3) is 0 Å². The molecule has 0 aromatic rings. The molecule has 0 heterocycles. The van der Waals surface area contributed by atoms with E-state index in [0.717, 1.165) is 0 Å². The van der Waals surface area contributed by atoms with Crippen molar-refractivity contribution in [3.8, 4) is 0 Å². The molecule has 0 bridgehead atoms. The summed E-state index contributed by atoms with van der Waals surface area (Å²) in [6.45, 7) is 9.33. The van der Waals surface area contributed by atoms with Gasteiger partial charge in [0, 0.05) is 78.3 Å². The van der Waals surface area contributed by atoms with Crippen LogP contribution in [0.3, 0.4) is 0 Å². The number of rotatable bonds is 10. The summed E-state index contributed by atoms with van der Waals surface area (Å²) in [5, 5.41) is 0. The Balaban J connectivity index is -0.0000000667. The first-order valence-electron chi connectivity index (χ1n) is 6.80. The van der Waals surface area contributed by atoms with Crippen LogP contribution in [0.1, 0.15) is 52.4 Å². The second kappa shape index (κ2) is 25.2. The molecule has 0 amide bonds. The van der Waals surface area contributed by atoms with Gasteiger partial charge in [0.1, 0.15) is 23.1 Å². The van der Waals surface area contributed by atoms with Crippen LogP contribution in [-0.2, 0) is 94.2 Å². The van der Waals surface area contributed by atoms with Gasteiger partial charge in [-0.3, -0.25) is 19.2 Å². The molecule has 0 aromatic heterocycles. The maximum atomic E-state index is 10.8. The summed E-state index contributed by atoms with van der Waals surface area (Å²) in [6.07, 6.45) is 0.00344. The summed E-state index contributed by atoms with van der Waals surface area (Å²) < 4.78 is 0. The molecule has 146 valence electrons. The fourth-order valence-corrected chi connectivity index (χ4v) is 1.22. The van der Waals surface area contributed by atoms with Crippen LogP contribution in [0.4, 0.5) is 0 Å². The van der Waals surface area contributed by atoms with Crippen molar-refractivity contribution < 1.29 is 94.2 Å². The van der Waals surface area contributed by atoms with Gasteiger partial charge >= 0.3 is 0 Å². The van der Waals surface area contributed by atoms with Crippen molar-refractivity contribution in [2.75, 3.05) is 0 Å². The Morgan fingerprint density at radius 3 is 1.38 bits per heavy atom. The zero-order valence-electron chi connectivity index (χ0n) is 16.3. The molecule has 26 heavy (non-hydrogen) atoms. The molecule has 0 atom stereocenters. The Kier molecular flexibility index (Phi) is 39.6. The van der Waals surface area contributed by atoms with Gasteiger partial charge in [0.05, 0.1) is 12.8 Å². The number of carbonyl (C=O) groups excluding carboxylic acids is 6. The topological polar surface area (TPSA) is 102 Å². The smallest absolute Gasteiger partial charge is 0.196 e. The van der Waals surface area contributed by atoms with Crippen LogP contribution < -0.4 is 0 Å². The second-order valence-electron chi connectivity index (χ2n) is 4.68. The Labute approximate surface area is 208 Å². The first-order valence-corrected chi connectivity index (χ1v) is 6.80. The normalized spacial score (nSPS) is 7.85. The summed E-state index contributed by atoms with van der Waals surface area (Å²) in [7, 11) is 0. The fourth-order valence-electron chi connectivity index (χ4n) is 1.22. The number of hydrogen-bond acceptors (Lipinski definition) is 6. The van der Waals surface area contributed by atoms with Crippen LogP contribution in [0.25, 0.3) is 0 Å². The standard InChI is InChI=1S/2C8H11O3.2CH3.2Y/c1-3-7(10)5-8(11)4-6(2)9;1-3-7(10)8(11)5-4-6(2)9;;;;/h2*1,3-5H2,2H3;2*1H3;;/q4*-1;;. The molecule has 0 fully saturated rings. The van der Waals surface area contributed by atoms with E-state index in [1.54, 1.807) is 0 Å². The van der Waals surface area contributed by atoms with Gasteiger partial charge < -0.3 is 38.3 Å². The Hall–Kier alpha value is 0.228. The number of Topliss-reactive ketones (excluding diaryl/α,β-unsaturated/α-hetero) is 6. The van der Waals surface area contributed by atoms with Crippen LogP contribution in [0.15, 0.2) is 0 Å². The monoisotopic (exact) mass is 518 g/mol. The number of hydrogen-bond donors (Lipinski definition) is 0. The molecule has 0 N–H and O–H groups in total. The summed E-state index contributed by atoms with van der Waals surface area (Å²) >= 11 is 0. The van der Waals surface area contributed by atoms with Gasteiger partial charge in [0.15, 0.2) is 11.6 Å². The van der Waals surface area contributed by atoms with Crippen molar-refractivity contribution in [2.24, 2.45) is 0 Å². The molecule has 0 aliphatic carbocycles. The van der Waals surface area contributed by atoms with Crippen molar-refractivity contribution in [1.82, 2.24) is 0 Å². The van der Waals surface area contributed by atoms with E-state index in [2.05, 4.69) is 13.8 Å². The molecule has 2 radical (unpaired) electrons. The minimum Gasteiger partial charge on any atom is -0.358 e. The van der Waals surface area contributed by atoms with Crippen LogP contribution in [0.5, 0.6) is 0 Å². The molecular formula is C18H28O6Y2-4. The van der Waals surface area contributed by atoms with Gasteiger partial charge in [-0.1, -0.05) is 0 Å². The Bertz CT molecular complexity index is 459. The largest absolute Gasteiger partial charge is 0.358 e. The zero-order chi connectivity index (χ0) is 17.7. The Morgan fingerprint density at radius 1 is 0.615 bits per heavy atom. The van der Waals surface area contributed by atoms with E-state index in [-0.39, 0.29) is 142 Å². The average molecular weight is 518 g/mol. The predicted octanol–water partition coefficient (Wildman–Crippen LogP) is 2.33. The fraction of sp³-hybridized carbons (Fsp3) is 0.444. The predicted molar refractivity (Wildman–Crippen MR) is 92.6 cm³/mol. The summed E-state index contributed by atoms with van der Waals surface area (Å²) in [5.41, 5.74) is 0. The van der Waals surface area contributed by atoms with Crippen LogP contribution in [0.2, 0.25) is 0 Å². The molecule has 8 heteroatoms. The molecule has 6 nitrogen and oxygen atoms in total. The SMILES string of the molecule is [CH2-]CC(=O)C(=O)CCC(C)=O.[CH2-]CC(=O)CC(=O)CC(C)=O.[CH3-].[CH3-].[Y].[Y]. The van der Waals surface area contributed by atoms with Gasteiger partial charge in [0.2, 0.25) is 0 Å². The number of carbonyl (C=O) groups is 6. The minimum atomic E-state index is -0.494. The molecule has 0 spiro atoms. The molecule has 0 saturated heterocycles. The van der Waals surface area contributed by atoms with Crippen molar-refractivity contribution in [1.29, 1.82) is 0 Å². The summed E-state index contributed by atoms with van der Waals surface area (Å²) in [6, 6.07) is 0. The van der Waals surface area contributed by atoms with Crippen LogP contribution >= 0.6 is 0 Å². The van der Waals surface area contributed by atoms with E-state index < -0.39 is 11.6 Å². The zero-order valence-corrected chi connectivity index (χ0v) is 21.9. The summed E-state index contributed by atoms with van der Waals surface area (Å²) in [4.78, 5) is 63.5. The van der Waals surface area contributed by atoms with E-state index in [4.69, 9.17) is 0 Å². The second-order valence-corrected chi connectivity index (χ2v) is 4.68. The first-order chi connectivity index (χ1) is 10.1. The van der Waals surface area contributed by atoms with Gasteiger partial charge in [-0.15, -0.1) is 12.8 Å². The first kappa shape index (κ1) is 40.8. The van der Waals surface area contributed by atoms with E-state index in [1.807, 2.05) is 0 Å². The molecule has 0 unspecified atom stereocenters. The third-order valence-electron chi connectivity index (χ3n) is 2.36. The molecule has 0 aliphatic rings. The molecule has 0 rings (SSSR count). The Morgan fingerprint density at radius 2 is 1.08 bits per heavy atom. The van der Waals surface area contributed by atoms with Gasteiger partial charge in [-0.05, 0) is 13.8 Å². The average Bonchev–Trinajstić information content (AvgIpc) is 2.43. The van der Waals surface area contributed by atoms with E-state index in [0.29, 0.717) is 0 Å². The third kappa shape index (κ3) is 29.0. The van der Waals surface area contributed by atoms with Crippen LogP contribution in [-0.4, -0.2) is 34.7 Å². The molecule has 0 aliphatic heterocycles. The minimum absolute atomic E-state index is 0. The third-order valence-corrected chi connectivity index (χ3v) is 2.36. The number of ketones is 6. The molecular weight excluding hydrogens is 490 g/mol. The van der Waals surface area contributed by atoms with Gasteiger partial charge in [-0.25, -0.2) is 0 Å². The van der Waals surface area contributed by atoms with Crippen molar-refractivity contribution in [3.63, 3.8) is 0 Å². The van der Waals surface area contributed by atoms with Crippen LogP contribution in [0, 0.1) is 28.7 Å². The maximum absolute atomic E-state index is 10.8. The van der Waals surface area contributed by atoms with Gasteiger partial charge in [-0.2, -0.15) is 0 Å². The van der Waals surface area contributed by atoms with Crippen molar-refractivity contribution in [3.05, 3.63) is 28.7 Å². The molecule has 0 saturated carbocycles. The molecule has 0 aromatic carbocycles. The van der Waals surface area contributed by atoms with E-state index in [9.17, 15) is 28.8 Å². The van der Waals surface area contributed by atoms with E-state index in [1.165, 1.54) is 13.8 Å². The van der Waals surface area contributed by atoms with E-state index >= 15 is 0 Å². The van der Waals surface area contributed by atoms with Crippen molar-refractivity contribution >= 4 is 34.7 Å². The quantitative estimate of drug-likeness (QED) is 0.250. The maximum Gasteiger partial charge on any atom is 0.196 e. The summed E-state index contributed by atoms with van der Waals surface area (Å²) in [5.74, 6) is -1.79.